The first-order valence-corrected chi connectivity index (χ1v) is 6.60. The lowest BCUT2D eigenvalue weighted by molar-refractivity contribution is 0.651. The van der Waals surface area contributed by atoms with Gasteiger partial charge in [0.15, 0.2) is 0 Å². The van der Waals surface area contributed by atoms with Gasteiger partial charge in [-0.2, -0.15) is 0 Å². The number of rotatable bonds is 4. The predicted octanol–water partition coefficient (Wildman–Crippen LogP) is 4.28. The summed E-state index contributed by atoms with van der Waals surface area (Å²) < 4.78 is 0. The van der Waals surface area contributed by atoms with E-state index in [0.717, 1.165) is 29.0 Å². The van der Waals surface area contributed by atoms with Crippen LogP contribution in [0, 0.1) is 6.92 Å². The lowest BCUT2D eigenvalue weighted by atomic mass is 9.98. The van der Waals surface area contributed by atoms with E-state index in [1.807, 2.05) is 25.1 Å². The van der Waals surface area contributed by atoms with Crippen LogP contribution < -0.4 is 5.73 Å². The second kappa shape index (κ2) is 6.03. The molecule has 0 aliphatic rings. The van der Waals surface area contributed by atoms with Gasteiger partial charge in [0.05, 0.1) is 0 Å². The van der Waals surface area contributed by atoms with Crippen LogP contribution in [0.1, 0.15) is 29.2 Å². The Labute approximate surface area is 114 Å². The smallest absolute Gasteiger partial charge is 0.0435 e. The third-order valence-corrected chi connectivity index (χ3v) is 3.62. The van der Waals surface area contributed by atoms with Crippen molar-refractivity contribution in [1.82, 2.24) is 0 Å². The highest BCUT2D eigenvalue weighted by Gasteiger charge is 2.07. The summed E-state index contributed by atoms with van der Waals surface area (Å²) in [4.78, 5) is 0. The summed E-state index contributed by atoms with van der Waals surface area (Å²) in [5.41, 5.74) is 9.80. The Bertz CT molecular complexity index is 508. The Morgan fingerprint density at radius 2 is 1.83 bits per heavy atom. The zero-order chi connectivity index (χ0) is 13.0. The number of aryl methyl sites for hydroxylation is 2. The first kappa shape index (κ1) is 13.1. The van der Waals surface area contributed by atoms with Crippen molar-refractivity contribution in [3.05, 3.63) is 70.2 Å². The molecule has 2 aromatic carbocycles. The Hall–Kier alpha value is -1.31. The predicted molar refractivity (Wildman–Crippen MR) is 77.9 cm³/mol. The fourth-order valence-electron chi connectivity index (χ4n) is 2.03. The molecule has 2 N–H and O–H groups in total. The molecule has 0 spiro atoms. The summed E-state index contributed by atoms with van der Waals surface area (Å²) in [5, 5.41) is 0.800. The van der Waals surface area contributed by atoms with E-state index in [9.17, 15) is 0 Å². The van der Waals surface area contributed by atoms with Gasteiger partial charge in [-0.05, 0) is 42.5 Å². The van der Waals surface area contributed by atoms with Crippen LogP contribution in [-0.2, 0) is 6.42 Å². The summed E-state index contributed by atoms with van der Waals surface area (Å²) in [7, 11) is 0. The van der Waals surface area contributed by atoms with Crippen LogP contribution in [0.15, 0.2) is 48.5 Å². The van der Waals surface area contributed by atoms with Crippen molar-refractivity contribution >= 4 is 11.6 Å². The summed E-state index contributed by atoms with van der Waals surface area (Å²) in [6, 6.07) is 16.5. The van der Waals surface area contributed by atoms with Crippen LogP contribution in [0.25, 0.3) is 0 Å². The van der Waals surface area contributed by atoms with Gasteiger partial charge < -0.3 is 5.73 Å². The standard InChI is InChI=1S/C16H18ClN/c1-12-11-14(8-9-15(12)17)16(18)10-7-13-5-3-2-4-6-13/h2-6,8-9,11,16H,7,10,18H2,1H3. The molecule has 18 heavy (non-hydrogen) atoms. The van der Waals surface area contributed by atoms with Gasteiger partial charge in [-0.25, -0.2) is 0 Å². The van der Waals surface area contributed by atoms with E-state index in [4.69, 9.17) is 17.3 Å². The van der Waals surface area contributed by atoms with Crippen LogP contribution in [0.2, 0.25) is 5.02 Å². The molecule has 0 saturated carbocycles. The van der Waals surface area contributed by atoms with Gasteiger partial charge in [-0.15, -0.1) is 0 Å². The van der Waals surface area contributed by atoms with E-state index in [0.29, 0.717) is 0 Å². The highest BCUT2D eigenvalue weighted by molar-refractivity contribution is 6.31. The number of nitrogens with two attached hydrogens (primary N) is 1. The van der Waals surface area contributed by atoms with E-state index < -0.39 is 0 Å². The summed E-state index contributed by atoms with van der Waals surface area (Å²) in [6.07, 6.45) is 1.95. The average molecular weight is 260 g/mol. The molecule has 0 aromatic heterocycles. The average Bonchev–Trinajstić information content (AvgIpc) is 2.40. The van der Waals surface area contributed by atoms with Gasteiger partial charge in [-0.3, -0.25) is 0 Å². The highest BCUT2D eigenvalue weighted by atomic mass is 35.5. The minimum absolute atomic E-state index is 0.0705. The van der Waals surface area contributed by atoms with Crippen molar-refractivity contribution < 1.29 is 0 Å². The molecule has 1 atom stereocenters. The number of hydrogen-bond acceptors (Lipinski definition) is 1. The second-order valence-electron chi connectivity index (χ2n) is 4.64. The number of benzene rings is 2. The molecule has 0 aliphatic heterocycles. The van der Waals surface area contributed by atoms with Crippen LogP contribution in [0.3, 0.4) is 0 Å². The van der Waals surface area contributed by atoms with Crippen LogP contribution in [-0.4, -0.2) is 0 Å². The van der Waals surface area contributed by atoms with Crippen molar-refractivity contribution in [2.24, 2.45) is 5.73 Å². The first-order valence-electron chi connectivity index (χ1n) is 6.22. The monoisotopic (exact) mass is 259 g/mol. The zero-order valence-electron chi connectivity index (χ0n) is 10.6. The molecule has 0 saturated heterocycles. The van der Waals surface area contributed by atoms with E-state index >= 15 is 0 Å². The van der Waals surface area contributed by atoms with Crippen molar-refractivity contribution in [1.29, 1.82) is 0 Å². The Morgan fingerprint density at radius 1 is 1.11 bits per heavy atom. The molecule has 0 bridgehead atoms. The van der Waals surface area contributed by atoms with Crippen molar-refractivity contribution in [3.63, 3.8) is 0 Å². The maximum Gasteiger partial charge on any atom is 0.0435 e. The molecule has 2 heteroatoms. The summed E-state index contributed by atoms with van der Waals surface area (Å²) in [6.45, 7) is 2.01. The van der Waals surface area contributed by atoms with Gasteiger partial charge in [0.1, 0.15) is 0 Å². The largest absolute Gasteiger partial charge is 0.324 e. The molecule has 1 nitrogen and oxygen atoms in total. The number of hydrogen-bond donors (Lipinski definition) is 1. The van der Waals surface area contributed by atoms with Crippen molar-refractivity contribution in [2.75, 3.05) is 0 Å². The quantitative estimate of drug-likeness (QED) is 0.871. The van der Waals surface area contributed by atoms with E-state index in [2.05, 4.69) is 30.3 Å². The molecular formula is C16H18ClN. The molecule has 0 amide bonds. The van der Waals surface area contributed by atoms with Gasteiger partial charge in [-0.1, -0.05) is 54.1 Å². The Kier molecular flexibility index (Phi) is 4.40. The van der Waals surface area contributed by atoms with Crippen molar-refractivity contribution in [2.45, 2.75) is 25.8 Å². The Balaban J connectivity index is 1.99. The summed E-state index contributed by atoms with van der Waals surface area (Å²) in [5.74, 6) is 0. The third-order valence-electron chi connectivity index (χ3n) is 3.20. The fraction of sp³-hybridized carbons (Fsp3) is 0.250. The summed E-state index contributed by atoms with van der Waals surface area (Å²) >= 11 is 6.02. The maximum atomic E-state index is 6.22. The SMILES string of the molecule is Cc1cc(C(N)CCc2ccccc2)ccc1Cl. The highest BCUT2D eigenvalue weighted by Crippen LogP contribution is 2.22. The fourth-order valence-corrected chi connectivity index (χ4v) is 2.15. The lowest BCUT2D eigenvalue weighted by Gasteiger charge is -2.13. The second-order valence-corrected chi connectivity index (χ2v) is 5.05. The molecule has 94 valence electrons. The Morgan fingerprint density at radius 3 is 2.50 bits per heavy atom. The van der Waals surface area contributed by atoms with E-state index in [1.165, 1.54) is 5.56 Å². The minimum atomic E-state index is 0.0705. The van der Waals surface area contributed by atoms with E-state index in [1.54, 1.807) is 0 Å². The molecule has 0 heterocycles. The zero-order valence-corrected chi connectivity index (χ0v) is 11.3. The molecular weight excluding hydrogens is 242 g/mol. The lowest BCUT2D eigenvalue weighted by Crippen LogP contribution is -2.11. The van der Waals surface area contributed by atoms with Crippen molar-refractivity contribution in [3.8, 4) is 0 Å². The molecule has 0 fully saturated rings. The van der Waals surface area contributed by atoms with Crippen LogP contribution >= 0.6 is 11.6 Å². The van der Waals surface area contributed by atoms with Crippen LogP contribution in [0.5, 0.6) is 0 Å². The number of halogens is 1. The third kappa shape index (κ3) is 3.34. The molecule has 1 unspecified atom stereocenters. The van der Waals surface area contributed by atoms with Gasteiger partial charge >= 0.3 is 0 Å². The van der Waals surface area contributed by atoms with Crippen LogP contribution in [0.4, 0.5) is 0 Å². The first-order chi connectivity index (χ1) is 8.66. The molecule has 0 aliphatic carbocycles. The molecule has 2 rings (SSSR count). The molecule has 2 aromatic rings. The topological polar surface area (TPSA) is 26.0 Å². The maximum absolute atomic E-state index is 6.22. The van der Waals surface area contributed by atoms with Gasteiger partial charge in [0.2, 0.25) is 0 Å². The van der Waals surface area contributed by atoms with Gasteiger partial charge in [0.25, 0.3) is 0 Å². The minimum Gasteiger partial charge on any atom is -0.324 e. The normalized spacial score (nSPS) is 12.4. The molecule has 0 radical (unpaired) electrons. The van der Waals surface area contributed by atoms with E-state index in [-0.39, 0.29) is 6.04 Å². The van der Waals surface area contributed by atoms with Gasteiger partial charge in [0, 0.05) is 11.1 Å².